The summed E-state index contributed by atoms with van der Waals surface area (Å²) in [6.07, 6.45) is 0. The molecular formula is C20H22ClFN3O+. The van der Waals surface area contributed by atoms with Crippen molar-refractivity contribution in [3.63, 3.8) is 0 Å². The number of nitrogens with one attached hydrogen (secondary N) is 1. The van der Waals surface area contributed by atoms with E-state index in [-0.39, 0.29) is 11.6 Å². The molecule has 0 aliphatic rings. The predicted molar refractivity (Wildman–Crippen MR) is 101 cm³/mol. The first-order valence-corrected chi connectivity index (χ1v) is 8.80. The van der Waals surface area contributed by atoms with E-state index in [0.29, 0.717) is 18.2 Å². The number of hydrogen-bond donors (Lipinski definition) is 1. The van der Waals surface area contributed by atoms with Crippen molar-refractivity contribution in [2.75, 3.05) is 14.2 Å². The molecule has 0 spiro atoms. The standard InChI is InChI=1S/C20H21ClFN3O/c1-14-17(20(21)25(23-14)16-7-5-4-6-8-16)13-24(2)12-15-9-10-19(26-3)18(22)11-15/h4-11H,12-13H2,1-3H3/p+1. The molecule has 0 radical (unpaired) electrons. The molecule has 0 bridgehead atoms. The molecule has 0 saturated heterocycles. The highest BCUT2D eigenvalue weighted by Gasteiger charge is 2.18. The summed E-state index contributed by atoms with van der Waals surface area (Å²) in [6.45, 7) is 3.33. The van der Waals surface area contributed by atoms with Gasteiger partial charge in [-0.05, 0) is 37.3 Å². The Labute approximate surface area is 157 Å². The fourth-order valence-corrected chi connectivity index (χ4v) is 3.34. The number of ether oxygens (including phenoxy) is 1. The molecular weight excluding hydrogens is 353 g/mol. The van der Waals surface area contributed by atoms with Gasteiger partial charge >= 0.3 is 0 Å². The Kier molecular flexibility index (Phi) is 5.59. The van der Waals surface area contributed by atoms with Crippen molar-refractivity contribution >= 4 is 11.6 Å². The normalized spacial score (nSPS) is 12.2. The van der Waals surface area contributed by atoms with E-state index in [4.69, 9.17) is 16.3 Å². The fourth-order valence-electron chi connectivity index (χ4n) is 3.01. The quantitative estimate of drug-likeness (QED) is 0.718. The van der Waals surface area contributed by atoms with Crippen molar-refractivity contribution in [2.45, 2.75) is 20.0 Å². The molecule has 0 amide bonds. The summed E-state index contributed by atoms with van der Waals surface area (Å²) in [4.78, 5) is 1.19. The second kappa shape index (κ2) is 7.89. The number of quaternary nitrogens is 1. The summed E-state index contributed by atoms with van der Waals surface area (Å²) in [6, 6.07) is 14.9. The number of hydrogen-bond acceptors (Lipinski definition) is 2. The van der Waals surface area contributed by atoms with Crippen molar-refractivity contribution in [3.8, 4) is 11.4 Å². The minimum atomic E-state index is -0.344. The summed E-state index contributed by atoms with van der Waals surface area (Å²) in [5.41, 5.74) is 3.74. The van der Waals surface area contributed by atoms with E-state index in [1.165, 1.54) is 18.1 Å². The molecule has 1 aromatic heterocycles. The average Bonchev–Trinajstić information content (AvgIpc) is 2.91. The lowest BCUT2D eigenvalue weighted by molar-refractivity contribution is -0.907. The molecule has 0 fully saturated rings. The molecule has 1 atom stereocenters. The van der Waals surface area contributed by atoms with Crippen LogP contribution in [0.5, 0.6) is 5.75 Å². The molecule has 1 N–H and O–H groups in total. The average molecular weight is 375 g/mol. The van der Waals surface area contributed by atoms with E-state index in [1.807, 2.05) is 43.3 Å². The minimum Gasteiger partial charge on any atom is -0.494 e. The van der Waals surface area contributed by atoms with Gasteiger partial charge < -0.3 is 9.64 Å². The first kappa shape index (κ1) is 18.4. The highest BCUT2D eigenvalue weighted by molar-refractivity contribution is 6.30. The highest BCUT2D eigenvalue weighted by atomic mass is 35.5. The van der Waals surface area contributed by atoms with Crippen LogP contribution in [0.15, 0.2) is 48.5 Å². The third-order valence-electron chi connectivity index (χ3n) is 4.32. The van der Waals surface area contributed by atoms with Gasteiger partial charge in [0.2, 0.25) is 0 Å². The Morgan fingerprint density at radius 1 is 1.15 bits per heavy atom. The van der Waals surface area contributed by atoms with Crippen molar-refractivity contribution in [3.05, 3.63) is 76.3 Å². The molecule has 3 rings (SSSR count). The van der Waals surface area contributed by atoms with Crippen LogP contribution in [0.3, 0.4) is 0 Å². The van der Waals surface area contributed by atoms with Crippen LogP contribution in [0, 0.1) is 12.7 Å². The number of para-hydroxylation sites is 1. The summed E-state index contributed by atoms with van der Waals surface area (Å²) >= 11 is 6.59. The maximum atomic E-state index is 13.9. The number of aryl methyl sites for hydroxylation is 1. The van der Waals surface area contributed by atoms with Crippen molar-refractivity contribution in [1.82, 2.24) is 9.78 Å². The molecule has 26 heavy (non-hydrogen) atoms. The van der Waals surface area contributed by atoms with Gasteiger partial charge in [-0.2, -0.15) is 5.10 Å². The largest absolute Gasteiger partial charge is 0.494 e. The summed E-state index contributed by atoms with van der Waals surface area (Å²) in [5.74, 6) is -0.0849. The van der Waals surface area contributed by atoms with Crippen LogP contribution in [0.4, 0.5) is 4.39 Å². The van der Waals surface area contributed by atoms with Gasteiger partial charge in [0.05, 0.1) is 31.1 Å². The molecule has 1 heterocycles. The zero-order chi connectivity index (χ0) is 18.7. The van der Waals surface area contributed by atoms with Crippen LogP contribution in [-0.2, 0) is 13.1 Å². The molecule has 1 unspecified atom stereocenters. The Bertz CT molecular complexity index is 896. The van der Waals surface area contributed by atoms with Gasteiger partial charge in [0.1, 0.15) is 18.2 Å². The monoisotopic (exact) mass is 374 g/mol. The van der Waals surface area contributed by atoms with Crippen LogP contribution in [0.2, 0.25) is 5.15 Å². The zero-order valence-corrected chi connectivity index (χ0v) is 15.8. The first-order valence-electron chi connectivity index (χ1n) is 8.42. The lowest BCUT2D eigenvalue weighted by atomic mass is 10.2. The maximum Gasteiger partial charge on any atom is 0.165 e. The maximum absolute atomic E-state index is 13.9. The van der Waals surface area contributed by atoms with Crippen LogP contribution < -0.4 is 9.64 Å². The lowest BCUT2D eigenvalue weighted by Gasteiger charge is -2.14. The van der Waals surface area contributed by atoms with Crippen LogP contribution in [-0.4, -0.2) is 23.9 Å². The number of nitrogens with zero attached hydrogens (tertiary/aromatic N) is 2. The number of benzene rings is 2. The topological polar surface area (TPSA) is 31.5 Å². The van der Waals surface area contributed by atoms with Crippen molar-refractivity contribution in [1.29, 1.82) is 0 Å². The van der Waals surface area contributed by atoms with E-state index in [2.05, 4.69) is 12.1 Å². The molecule has 4 nitrogen and oxygen atoms in total. The highest BCUT2D eigenvalue weighted by Crippen LogP contribution is 2.23. The Balaban J connectivity index is 1.76. The molecule has 6 heteroatoms. The summed E-state index contributed by atoms with van der Waals surface area (Å²) < 4.78 is 20.6. The summed E-state index contributed by atoms with van der Waals surface area (Å²) in [5, 5.41) is 5.19. The molecule has 136 valence electrons. The second-order valence-electron chi connectivity index (χ2n) is 6.38. The smallest absolute Gasteiger partial charge is 0.165 e. The first-order chi connectivity index (χ1) is 12.5. The molecule has 0 aliphatic heterocycles. The van der Waals surface area contributed by atoms with Gasteiger partial charge in [-0.25, -0.2) is 9.07 Å². The van der Waals surface area contributed by atoms with E-state index in [1.54, 1.807) is 10.7 Å². The number of halogens is 2. The van der Waals surface area contributed by atoms with Crippen LogP contribution in [0.25, 0.3) is 5.69 Å². The van der Waals surface area contributed by atoms with Gasteiger partial charge in [0, 0.05) is 5.56 Å². The van der Waals surface area contributed by atoms with Gasteiger partial charge in [0.25, 0.3) is 0 Å². The fraction of sp³-hybridized carbons (Fsp3) is 0.250. The van der Waals surface area contributed by atoms with E-state index in [9.17, 15) is 4.39 Å². The molecule has 0 saturated carbocycles. The number of methoxy groups -OCH3 is 1. The zero-order valence-electron chi connectivity index (χ0n) is 15.1. The molecule has 2 aromatic carbocycles. The third-order valence-corrected chi connectivity index (χ3v) is 4.71. The van der Waals surface area contributed by atoms with Gasteiger partial charge in [0.15, 0.2) is 11.6 Å². The van der Waals surface area contributed by atoms with Crippen molar-refractivity contribution < 1.29 is 14.0 Å². The Hall–Kier alpha value is -2.37. The van der Waals surface area contributed by atoms with E-state index >= 15 is 0 Å². The predicted octanol–water partition coefficient (Wildman–Crippen LogP) is 3.20. The molecule has 3 aromatic rings. The lowest BCUT2D eigenvalue weighted by Crippen LogP contribution is -3.06. The van der Waals surface area contributed by atoms with Gasteiger partial charge in [-0.15, -0.1) is 0 Å². The van der Waals surface area contributed by atoms with E-state index in [0.717, 1.165) is 22.5 Å². The SMILES string of the molecule is COc1ccc(C[NH+](C)Cc2c(C)nn(-c3ccccc3)c2Cl)cc1F. The summed E-state index contributed by atoms with van der Waals surface area (Å²) in [7, 11) is 3.52. The van der Waals surface area contributed by atoms with Crippen LogP contribution in [0.1, 0.15) is 16.8 Å². The van der Waals surface area contributed by atoms with Crippen LogP contribution >= 0.6 is 11.6 Å². The number of rotatable bonds is 6. The van der Waals surface area contributed by atoms with E-state index < -0.39 is 0 Å². The third kappa shape index (κ3) is 3.89. The second-order valence-corrected chi connectivity index (χ2v) is 6.74. The number of aromatic nitrogens is 2. The minimum absolute atomic E-state index is 0.259. The Morgan fingerprint density at radius 3 is 2.54 bits per heavy atom. The Morgan fingerprint density at radius 2 is 1.88 bits per heavy atom. The van der Waals surface area contributed by atoms with Gasteiger partial charge in [-0.1, -0.05) is 29.8 Å². The van der Waals surface area contributed by atoms with Gasteiger partial charge in [-0.3, -0.25) is 0 Å². The van der Waals surface area contributed by atoms with Crippen molar-refractivity contribution in [2.24, 2.45) is 0 Å². The molecule has 0 aliphatic carbocycles.